The molecule has 0 saturated heterocycles. The first-order valence-electron chi connectivity index (χ1n) is 10.6. The molecule has 0 saturated carbocycles. The van der Waals surface area contributed by atoms with Crippen LogP contribution in [0.3, 0.4) is 0 Å². The van der Waals surface area contributed by atoms with Gasteiger partial charge in [-0.3, -0.25) is 9.59 Å². The number of carbonyl (C=O) groups is 3. The van der Waals surface area contributed by atoms with Crippen LogP contribution in [0.1, 0.15) is 36.8 Å². The molecule has 3 N–H and O–H groups in total. The number of aliphatic carboxylic acids is 1. The van der Waals surface area contributed by atoms with Crippen molar-refractivity contribution in [2.24, 2.45) is 0 Å². The minimum atomic E-state index is -1.21. The Balaban J connectivity index is 1.65. The number of fused-ring (bicyclic) bond motifs is 3. The average Bonchev–Trinajstić information content (AvgIpc) is 3.10. The van der Waals surface area contributed by atoms with Gasteiger partial charge in [0.1, 0.15) is 12.6 Å². The van der Waals surface area contributed by atoms with Crippen molar-refractivity contribution < 1.29 is 24.2 Å². The molecule has 0 aromatic heterocycles. The first-order valence-corrected chi connectivity index (χ1v) is 12.0. The zero-order valence-electron chi connectivity index (χ0n) is 18.2. The average molecular weight is 457 g/mol. The minimum Gasteiger partial charge on any atom is -0.481 e. The van der Waals surface area contributed by atoms with Gasteiger partial charge in [0.25, 0.3) is 0 Å². The Hall–Kier alpha value is -3.00. The largest absolute Gasteiger partial charge is 0.481 e. The molecule has 2 aromatic rings. The Morgan fingerprint density at radius 3 is 2.16 bits per heavy atom. The van der Waals surface area contributed by atoms with Crippen LogP contribution in [0, 0.1) is 0 Å². The van der Waals surface area contributed by atoms with Crippen molar-refractivity contribution in [3.05, 3.63) is 59.7 Å². The van der Waals surface area contributed by atoms with Gasteiger partial charge < -0.3 is 20.5 Å². The SMILES string of the molecule is CCC(CSC)NC(=O)C(CC(=O)O)NC(=O)OCC1c2ccccc2-c2ccccc21. The van der Waals surface area contributed by atoms with Crippen molar-refractivity contribution in [1.29, 1.82) is 0 Å². The summed E-state index contributed by atoms with van der Waals surface area (Å²) in [5.74, 6) is -1.12. The maximum Gasteiger partial charge on any atom is 0.407 e. The van der Waals surface area contributed by atoms with Crippen LogP contribution in [-0.2, 0) is 14.3 Å². The summed E-state index contributed by atoms with van der Waals surface area (Å²) < 4.78 is 5.45. The van der Waals surface area contributed by atoms with E-state index in [1.807, 2.05) is 61.7 Å². The highest BCUT2D eigenvalue weighted by atomic mass is 32.2. The third-order valence-corrected chi connectivity index (χ3v) is 6.27. The van der Waals surface area contributed by atoms with Crippen LogP contribution in [0.5, 0.6) is 0 Å². The van der Waals surface area contributed by atoms with E-state index >= 15 is 0 Å². The van der Waals surface area contributed by atoms with Gasteiger partial charge in [0, 0.05) is 17.7 Å². The van der Waals surface area contributed by atoms with E-state index in [2.05, 4.69) is 10.6 Å². The molecular formula is C24H28N2O5S. The maximum absolute atomic E-state index is 12.6. The van der Waals surface area contributed by atoms with Crippen LogP contribution in [-0.4, -0.2) is 53.8 Å². The summed E-state index contributed by atoms with van der Waals surface area (Å²) in [5, 5.41) is 14.4. The first-order chi connectivity index (χ1) is 15.4. The fourth-order valence-electron chi connectivity index (χ4n) is 3.93. The lowest BCUT2D eigenvalue weighted by Gasteiger charge is -2.22. The van der Waals surface area contributed by atoms with E-state index in [-0.39, 0.29) is 18.6 Å². The predicted octanol–water partition coefficient (Wildman–Crippen LogP) is 3.63. The van der Waals surface area contributed by atoms with Crippen LogP contribution in [0.25, 0.3) is 11.1 Å². The van der Waals surface area contributed by atoms with Gasteiger partial charge in [-0.15, -0.1) is 0 Å². The Labute approximate surface area is 191 Å². The molecule has 0 radical (unpaired) electrons. The molecule has 3 rings (SSSR count). The molecule has 2 aromatic carbocycles. The lowest BCUT2D eigenvalue weighted by Crippen LogP contribution is -2.51. The number of carbonyl (C=O) groups excluding carboxylic acids is 2. The predicted molar refractivity (Wildman–Crippen MR) is 125 cm³/mol. The van der Waals surface area contributed by atoms with Crippen LogP contribution in [0.2, 0.25) is 0 Å². The number of alkyl carbamates (subject to hydrolysis) is 1. The van der Waals surface area contributed by atoms with E-state index in [1.54, 1.807) is 11.8 Å². The van der Waals surface area contributed by atoms with E-state index in [0.29, 0.717) is 12.2 Å². The quantitative estimate of drug-likeness (QED) is 0.504. The standard InChI is InChI=1S/C24H28N2O5S/c1-3-15(14-32-2)25-23(29)21(12-22(27)28)26-24(30)31-13-20-18-10-6-4-8-16(18)17-9-5-7-11-19(17)20/h4-11,15,20-21H,3,12-14H2,1-2H3,(H,25,29)(H,26,30)(H,27,28). The van der Waals surface area contributed by atoms with Crippen molar-refractivity contribution in [3.63, 3.8) is 0 Å². The van der Waals surface area contributed by atoms with Gasteiger partial charge in [0.15, 0.2) is 0 Å². The highest BCUT2D eigenvalue weighted by Crippen LogP contribution is 2.44. The van der Waals surface area contributed by atoms with Crippen LogP contribution in [0.15, 0.2) is 48.5 Å². The smallest absolute Gasteiger partial charge is 0.407 e. The van der Waals surface area contributed by atoms with Gasteiger partial charge in [0.05, 0.1) is 6.42 Å². The number of carboxylic acids is 1. The molecule has 0 bridgehead atoms. The van der Waals surface area contributed by atoms with E-state index < -0.39 is 30.4 Å². The van der Waals surface area contributed by atoms with Gasteiger partial charge in [-0.2, -0.15) is 11.8 Å². The summed E-state index contributed by atoms with van der Waals surface area (Å²) in [7, 11) is 0. The molecule has 0 heterocycles. The summed E-state index contributed by atoms with van der Waals surface area (Å²) in [6, 6.07) is 14.6. The van der Waals surface area contributed by atoms with Crippen LogP contribution in [0.4, 0.5) is 4.79 Å². The summed E-state index contributed by atoms with van der Waals surface area (Å²) in [6.07, 6.45) is 1.30. The number of hydrogen-bond acceptors (Lipinski definition) is 5. The van der Waals surface area contributed by atoms with Gasteiger partial charge in [-0.1, -0.05) is 55.5 Å². The Morgan fingerprint density at radius 2 is 1.62 bits per heavy atom. The number of thioether (sulfide) groups is 1. The number of nitrogens with one attached hydrogen (secondary N) is 2. The fraction of sp³-hybridized carbons (Fsp3) is 0.375. The molecule has 32 heavy (non-hydrogen) atoms. The summed E-state index contributed by atoms with van der Waals surface area (Å²) in [6.45, 7) is 2.03. The van der Waals surface area contributed by atoms with Crippen molar-refractivity contribution in [2.75, 3.05) is 18.6 Å². The zero-order valence-corrected chi connectivity index (χ0v) is 19.0. The van der Waals surface area contributed by atoms with Gasteiger partial charge in [-0.25, -0.2) is 4.79 Å². The highest BCUT2D eigenvalue weighted by molar-refractivity contribution is 7.98. The summed E-state index contributed by atoms with van der Waals surface area (Å²) >= 11 is 1.58. The number of benzene rings is 2. The maximum atomic E-state index is 12.6. The second kappa shape index (κ2) is 11.0. The molecule has 0 spiro atoms. The fourth-order valence-corrected chi connectivity index (χ4v) is 4.65. The molecular weight excluding hydrogens is 428 g/mol. The van der Waals surface area contributed by atoms with Crippen LogP contribution >= 0.6 is 11.8 Å². The molecule has 2 unspecified atom stereocenters. The van der Waals surface area contributed by atoms with E-state index in [4.69, 9.17) is 4.74 Å². The molecule has 7 nitrogen and oxygen atoms in total. The summed E-state index contributed by atoms with van der Waals surface area (Å²) in [4.78, 5) is 36.3. The van der Waals surface area contributed by atoms with Crippen molar-refractivity contribution in [2.45, 2.75) is 37.8 Å². The van der Waals surface area contributed by atoms with Crippen molar-refractivity contribution >= 4 is 29.7 Å². The topological polar surface area (TPSA) is 105 Å². The van der Waals surface area contributed by atoms with E-state index in [0.717, 1.165) is 22.3 Å². The number of amides is 2. The number of carboxylic acid groups (broad SMARTS) is 1. The molecule has 2 atom stereocenters. The summed E-state index contributed by atoms with van der Waals surface area (Å²) in [5.41, 5.74) is 4.37. The number of rotatable bonds is 10. The molecule has 0 aliphatic heterocycles. The lowest BCUT2D eigenvalue weighted by molar-refractivity contribution is -0.140. The first kappa shape index (κ1) is 23.7. The molecule has 1 aliphatic rings. The molecule has 1 aliphatic carbocycles. The lowest BCUT2D eigenvalue weighted by atomic mass is 9.98. The van der Waals surface area contributed by atoms with Gasteiger partial charge >= 0.3 is 12.1 Å². The Bertz CT molecular complexity index is 935. The molecule has 0 fully saturated rings. The molecule has 8 heteroatoms. The third kappa shape index (κ3) is 5.62. The zero-order chi connectivity index (χ0) is 23.1. The number of ether oxygens (including phenoxy) is 1. The minimum absolute atomic E-state index is 0.0886. The van der Waals surface area contributed by atoms with E-state index in [1.165, 1.54) is 0 Å². The van der Waals surface area contributed by atoms with Crippen LogP contribution < -0.4 is 10.6 Å². The van der Waals surface area contributed by atoms with Crippen molar-refractivity contribution in [3.8, 4) is 11.1 Å². The van der Waals surface area contributed by atoms with Crippen molar-refractivity contribution in [1.82, 2.24) is 10.6 Å². The van der Waals surface area contributed by atoms with Gasteiger partial charge in [0.2, 0.25) is 5.91 Å². The Morgan fingerprint density at radius 1 is 1.03 bits per heavy atom. The third-order valence-electron chi connectivity index (χ3n) is 5.54. The second-order valence-corrected chi connectivity index (χ2v) is 8.60. The van der Waals surface area contributed by atoms with Gasteiger partial charge in [-0.05, 0) is 34.9 Å². The second-order valence-electron chi connectivity index (χ2n) is 7.69. The molecule has 2 amide bonds. The monoisotopic (exact) mass is 456 g/mol. The van der Waals surface area contributed by atoms with E-state index in [9.17, 15) is 19.5 Å². The normalized spacial score (nSPS) is 14.1. The Kier molecular flexibility index (Phi) is 8.16. The molecule has 170 valence electrons. The number of hydrogen-bond donors (Lipinski definition) is 3. The highest BCUT2D eigenvalue weighted by Gasteiger charge is 2.30.